The summed E-state index contributed by atoms with van der Waals surface area (Å²) in [5.74, 6) is 0.347. The summed E-state index contributed by atoms with van der Waals surface area (Å²) in [7, 11) is 0. The van der Waals surface area contributed by atoms with Gasteiger partial charge < -0.3 is 0 Å². The van der Waals surface area contributed by atoms with Crippen LogP contribution in [0.25, 0.3) is 27.6 Å². The zero-order chi connectivity index (χ0) is 14.6. The highest BCUT2D eigenvalue weighted by Gasteiger charge is 2.12. The molecule has 21 heavy (non-hydrogen) atoms. The predicted octanol–water partition coefficient (Wildman–Crippen LogP) is 2.24. The molecule has 1 aromatic carbocycles. The summed E-state index contributed by atoms with van der Waals surface area (Å²) < 4.78 is 1.59. The highest BCUT2D eigenvalue weighted by Crippen LogP contribution is 2.19. The van der Waals surface area contributed by atoms with E-state index in [1.807, 2.05) is 24.4 Å². The molecule has 104 valence electrons. The molecule has 1 N–H and O–H groups in total. The summed E-state index contributed by atoms with van der Waals surface area (Å²) in [6, 6.07) is 7.50. The number of aromatic amines is 1. The van der Waals surface area contributed by atoms with Crippen LogP contribution in [0, 0.1) is 0 Å². The first-order valence-electron chi connectivity index (χ1n) is 6.80. The third-order valence-corrected chi connectivity index (χ3v) is 3.75. The van der Waals surface area contributed by atoms with Gasteiger partial charge in [0.05, 0.1) is 10.9 Å². The molecule has 0 aliphatic rings. The molecule has 0 spiro atoms. The molecule has 0 saturated carbocycles. The minimum Gasteiger partial charge on any atom is -0.268 e. The summed E-state index contributed by atoms with van der Waals surface area (Å²) in [6.07, 6.45) is 1.85. The standard InChI is InChI=1S/C15H13N5O/c1-8(2)9-3-6-12-16-10-4-5-11-14(18-19-17-11)13(10)15(21)20(12)7-9/h3-8H,1-2H3,(H,17,18,19). The summed E-state index contributed by atoms with van der Waals surface area (Å²) in [6.45, 7) is 4.19. The van der Waals surface area contributed by atoms with Crippen molar-refractivity contribution in [2.75, 3.05) is 0 Å². The fraction of sp³-hybridized carbons (Fsp3) is 0.200. The molecule has 0 fully saturated rings. The van der Waals surface area contributed by atoms with E-state index in [0.717, 1.165) is 5.56 Å². The maximum atomic E-state index is 12.8. The number of H-pyrrole nitrogens is 1. The number of rotatable bonds is 1. The van der Waals surface area contributed by atoms with E-state index in [1.165, 1.54) is 0 Å². The first kappa shape index (κ1) is 12.0. The summed E-state index contributed by atoms with van der Waals surface area (Å²) >= 11 is 0. The molecule has 4 rings (SSSR count). The van der Waals surface area contributed by atoms with Gasteiger partial charge in [-0.25, -0.2) is 4.98 Å². The van der Waals surface area contributed by atoms with Crippen LogP contribution in [0.4, 0.5) is 0 Å². The first-order valence-corrected chi connectivity index (χ1v) is 6.80. The first-order chi connectivity index (χ1) is 10.1. The van der Waals surface area contributed by atoms with E-state index in [-0.39, 0.29) is 5.56 Å². The predicted molar refractivity (Wildman–Crippen MR) is 80.5 cm³/mol. The molecular weight excluding hydrogens is 266 g/mol. The van der Waals surface area contributed by atoms with E-state index in [1.54, 1.807) is 10.5 Å². The van der Waals surface area contributed by atoms with Gasteiger partial charge in [0.1, 0.15) is 16.7 Å². The van der Waals surface area contributed by atoms with Gasteiger partial charge in [0.2, 0.25) is 0 Å². The molecule has 6 heteroatoms. The molecule has 6 nitrogen and oxygen atoms in total. The number of nitrogens with zero attached hydrogens (tertiary/aromatic N) is 4. The second kappa shape index (κ2) is 4.12. The van der Waals surface area contributed by atoms with Gasteiger partial charge in [-0.3, -0.25) is 9.20 Å². The van der Waals surface area contributed by atoms with Crippen LogP contribution < -0.4 is 5.56 Å². The Kier molecular flexibility index (Phi) is 2.35. The zero-order valence-corrected chi connectivity index (χ0v) is 11.7. The number of benzene rings is 1. The Morgan fingerprint density at radius 3 is 2.71 bits per heavy atom. The van der Waals surface area contributed by atoms with Gasteiger partial charge >= 0.3 is 0 Å². The number of aromatic nitrogens is 5. The van der Waals surface area contributed by atoms with E-state index in [2.05, 4.69) is 34.2 Å². The molecule has 0 aliphatic heterocycles. The number of nitrogens with one attached hydrogen (secondary N) is 1. The molecule has 0 saturated heterocycles. The molecule has 0 atom stereocenters. The van der Waals surface area contributed by atoms with Gasteiger partial charge in [0, 0.05) is 6.20 Å². The highest BCUT2D eigenvalue weighted by molar-refractivity contribution is 6.01. The van der Waals surface area contributed by atoms with Gasteiger partial charge in [-0.05, 0) is 29.7 Å². The van der Waals surface area contributed by atoms with Crippen molar-refractivity contribution in [2.45, 2.75) is 19.8 Å². The molecule has 0 aliphatic carbocycles. The van der Waals surface area contributed by atoms with Gasteiger partial charge in [0.25, 0.3) is 5.56 Å². The summed E-state index contributed by atoms with van der Waals surface area (Å²) in [4.78, 5) is 17.4. The highest BCUT2D eigenvalue weighted by atomic mass is 16.1. The van der Waals surface area contributed by atoms with E-state index < -0.39 is 0 Å². The zero-order valence-electron chi connectivity index (χ0n) is 11.7. The third-order valence-electron chi connectivity index (χ3n) is 3.75. The summed E-state index contributed by atoms with van der Waals surface area (Å²) in [5, 5.41) is 11.2. The van der Waals surface area contributed by atoms with Crippen LogP contribution >= 0.6 is 0 Å². The Morgan fingerprint density at radius 1 is 1.10 bits per heavy atom. The van der Waals surface area contributed by atoms with Gasteiger partial charge in [0.15, 0.2) is 0 Å². The van der Waals surface area contributed by atoms with Crippen molar-refractivity contribution in [1.29, 1.82) is 0 Å². The van der Waals surface area contributed by atoms with E-state index in [9.17, 15) is 4.79 Å². The van der Waals surface area contributed by atoms with Crippen LogP contribution in [0.3, 0.4) is 0 Å². The molecule has 3 aromatic heterocycles. The van der Waals surface area contributed by atoms with Crippen LogP contribution in [0.2, 0.25) is 0 Å². The Morgan fingerprint density at radius 2 is 1.90 bits per heavy atom. The number of fused-ring (bicyclic) bond motifs is 4. The SMILES string of the molecule is CC(C)c1ccc2nc3ccc4n[nH]nc4c3c(=O)n2c1. The van der Waals surface area contributed by atoms with Crippen molar-refractivity contribution in [1.82, 2.24) is 24.8 Å². The fourth-order valence-electron chi connectivity index (χ4n) is 2.55. The monoisotopic (exact) mass is 279 g/mol. The second-order valence-corrected chi connectivity index (χ2v) is 5.41. The Balaban J connectivity index is 2.23. The lowest BCUT2D eigenvalue weighted by Gasteiger charge is -2.08. The van der Waals surface area contributed by atoms with Gasteiger partial charge in [-0.15, -0.1) is 0 Å². The topological polar surface area (TPSA) is 75.9 Å². The molecular formula is C15H13N5O. The molecule has 0 unspecified atom stereocenters. The normalized spacial score (nSPS) is 12.0. The lowest BCUT2D eigenvalue weighted by molar-refractivity contribution is 0.849. The van der Waals surface area contributed by atoms with Crippen LogP contribution in [0.5, 0.6) is 0 Å². The maximum Gasteiger partial charge on any atom is 0.268 e. The van der Waals surface area contributed by atoms with Gasteiger partial charge in [-0.2, -0.15) is 15.4 Å². The Labute approximate surface area is 119 Å². The molecule has 0 radical (unpaired) electrons. The average molecular weight is 279 g/mol. The number of hydrogen-bond acceptors (Lipinski definition) is 4. The average Bonchev–Trinajstić information content (AvgIpc) is 2.95. The Hall–Kier alpha value is -2.76. The van der Waals surface area contributed by atoms with Crippen LogP contribution in [-0.2, 0) is 0 Å². The molecule has 4 aromatic rings. The van der Waals surface area contributed by atoms with Crippen LogP contribution in [0.15, 0.2) is 35.3 Å². The number of pyridine rings is 1. The van der Waals surface area contributed by atoms with E-state index >= 15 is 0 Å². The van der Waals surface area contributed by atoms with Crippen molar-refractivity contribution in [2.24, 2.45) is 0 Å². The third kappa shape index (κ3) is 1.65. The Bertz CT molecular complexity index is 1040. The maximum absolute atomic E-state index is 12.8. The van der Waals surface area contributed by atoms with Crippen LogP contribution in [0.1, 0.15) is 25.3 Å². The van der Waals surface area contributed by atoms with Crippen LogP contribution in [-0.4, -0.2) is 24.8 Å². The van der Waals surface area contributed by atoms with E-state index in [0.29, 0.717) is 33.5 Å². The smallest absolute Gasteiger partial charge is 0.268 e. The molecule has 0 amide bonds. The minimum atomic E-state index is -0.114. The van der Waals surface area contributed by atoms with Crippen molar-refractivity contribution in [3.63, 3.8) is 0 Å². The lowest BCUT2D eigenvalue weighted by atomic mass is 10.1. The minimum absolute atomic E-state index is 0.114. The van der Waals surface area contributed by atoms with Gasteiger partial charge in [-0.1, -0.05) is 19.9 Å². The van der Waals surface area contributed by atoms with E-state index in [4.69, 9.17) is 0 Å². The van der Waals surface area contributed by atoms with Crippen molar-refractivity contribution in [3.05, 3.63) is 46.4 Å². The molecule has 3 heterocycles. The van der Waals surface area contributed by atoms with Crippen molar-refractivity contribution < 1.29 is 0 Å². The largest absolute Gasteiger partial charge is 0.268 e. The van der Waals surface area contributed by atoms with Crippen molar-refractivity contribution in [3.8, 4) is 0 Å². The molecule has 0 bridgehead atoms. The van der Waals surface area contributed by atoms with Crippen molar-refractivity contribution >= 4 is 27.6 Å². The fourth-order valence-corrected chi connectivity index (χ4v) is 2.55. The number of hydrogen-bond donors (Lipinski definition) is 1. The summed E-state index contributed by atoms with van der Waals surface area (Å²) in [5.41, 5.74) is 3.49. The lowest BCUT2D eigenvalue weighted by Crippen LogP contribution is -2.16. The second-order valence-electron chi connectivity index (χ2n) is 5.41. The quantitative estimate of drug-likeness (QED) is 0.542.